The number of amides is 2. The van der Waals surface area contributed by atoms with Crippen LogP contribution in [0.5, 0.6) is 0 Å². The van der Waals surface area contributed by atoms with Crippen LogP contribution in [-0.4, -0.2) is 76.9 Å². The van der Waals surface area contributed by atoms with Gasteiger partial charge < -0.3 is 26.0 Å². The standard InChI is InChI=1S/C38H50N8O3/c1-4-34-32(37(43-30-11-17-49-18-12-30)33-24-42-46(5-2)38(33)44-34)23-41-36(48)21-35(47)40-22-27-10-9-26(3)31(20-27)29-8-6-7-28(19-29)25-45-15-13-39-14-16-45/h6-10,19-20,24,30,39H,4-5,11-18,21-23,25H2,1-3H3,(H,40,47)(H,41,48)(H,43,44). The molecule has 0 saturated carbocycles. The Bertz CT molecular complexity index is 1760. The topological polar surface area (TPSA) is 125 Å². The molecule has 49 heavy (non-hydrogen) atoms. The Morgan fingerprint density at radius 1 is 0.980 bits per heavy atom. The van der Waals surface area contributed by atoms with Crippen molar-refractivity contribution in [1.82, 2.24) is 35.6 Å². The molecule has 2 aromatic carbocycles. The highest BCUT2D eigenvalue weighted by Crippen LogP contribution is 2.31. The van der Waals surface area contributed by atoms with Crippen LogP contribution in [0.3, 0.4) is 0 Å². The molecule has 0 bridgehead atoms. The van der Waals surface area contributed by atoms with Crippen molar-refractivity contribution in [1.29, 1.82) is 0 Å². The Labute approximate surface area is 289 Å². The van der Waals surface area contributed by atoms with Crippen LogP contribution in [0.4, 0.5) is 5.69 Å². The Balaban J connectivity index is 1.08. The molecule has 2 aromatic heterocycles. The third-order valence-corrected chi connectivity index (χ3v) is 9.61. The van der Waals surface area contributed by atoms with E-state index in [1.54, 1.807) is 0 Å². The second-order valence-electron chi connectivity index (χ2n) is 13.1. The second kappa shape index (κ2) is 16.4. The summed E-state index contributed by atoms with van der Waals surface area (Å²) < 4.78 is 7.48. The molecule has 0 atom stereocenters. The van der Waals surface area contributed by atoms with Gasteiger partial charge in [-0.05, 0) is 73.1 Å². The quantitative estimate of drug-likeness (QED) is 0.156. The van der Waals surface area contributed by atoms with Gasteiger partial charge in [0.2, 0.25) is 11.8 Å². The number of benzene rings is 2. The number of aromatic nitrogens is 3. The highest BCUT2D eigenvalue weighted by atomic mass is 16.5. The predicted molar refractivity (Wildman–Crippen MR) is 193 cm³/mol. The van der Waals surface area contributed by atoms with Gasteiger partial charge in [0.25, 0.3) is 0 Å². The number of anilines is 1. The molecule has 11 nitrogen and oxygen atoms in total. The van der Waals surface area contributed by atoms with Crippen molar-refractivity contribution in [2.75, 3.05) is 44.7 Å². The van der Waals surface area contributed by atoms with Crippen LogP contribution < -0.4 is 21.3 Å². The van der Waals surface area contributed by atoms with E-state index in [2.05, 4.69) is 88.4 Å². The van der Waals surface area contributed by atoms with Crippen LogP contribution in [0, 0.1) is 6.92 Å². The summed E-state index contributed by atoms with van der Waals surface area (Å²) in [4.78, 5) is 33.4. The van der Waals surface area contributed by atoms with Crippen LogP contribution in [0.1, 0.15) is 61.1 Å². The molecule has 0 unspecified atom stereocenters. The number of fused-ring (bicyclic) bond motifs is 1. The lowest BCUT2D eigenvalue weighted by Crippen LogP contribution is -2.42. The first kappa shape index (κ1) is 34.5. The van der Waals surface area contributed by atoms with E-state index in [9.17, 15) is 9.59 Å². The maximum atomic E-state index is 13.1. The number of nitrogens with zero attached hydrogens (tertiary/aromatic N) is 4. The molecule has 0 aliphatic carbocycles. The zero-order valence-corrected chi connectivity index (χ0v) is 29.1. The summed E-state index contributed by atoms with van der Waals surface area (Å²) in [5.74, 6) is -0.640. The van der Waals surface area contributed by atoms with E-state index in [1.165, 1.54) is 16.7 Å². The van der Waals surface area contributed by atoms with Gasteiger partial charge in [-0.3, -0.25) is 14.5 Å². The third-order valence-electron chi connectivity index (χ3n) is 9.61. The van der Waals surface area contributed by atoms with Gasteiger partial charge in [-0.2, -0.15) is 5.10 Å². The van der Waals surface area contributed by atoms with Crippen molar-refractivity contribution in [3.8, 4) is 11.1 Å². The van der Waals surface area contributed by atoms with Crippen molar-refractivity contribution in [3.63, 3.8) is 0 Å². The molecule has 4 N–H and O–H groups in total. The van der Waals surface area contributed by atoms with E-state index in [-0.39, 0.29) is 30.8 Å². The summed E-state index contributed by atoms with van der Waals surface area (Å²) in [6.07, 6.45) is 4.13. The van der Waals surface area contributed by atoms with E-state index in [0.717, 1.165) is 104 Å². The van der Waals surface area contributed by atoms with Gasteiger partial charge in [-0.1, -0.05) is 37.3 Å². The average Bonchev–Trinajstić information content (AvgIpc) is 3.54. The smallest absolute Gasteiger partial charge is 0.229 e. The van der Waals surface area contributed by atoms with E-state index >= 15 is 0 Å². The SMILES string of the molecule is CCc1nc2c(cnn2CC)c(NC2CCOCC2)c1CNC(=O)CC(=O)NCc1ccc(C)c(-c2cccc(CN3CCNCC3)c2)c1. The van der Waals surface area contributed by atoms with E-state index in [1.807, 2.05) is 16.9 Å². The summed E-state index contributed by atoms with van der Waals surface area (Å²) in [6.45, 7) is 14.1. The number of ether oxygens (including phenoxy) is 1. The highest BCUT2D eigenvalue weighted by molar-refractivity contribution is 5.97. The monoisotopic (exact) mass is 666 g/mol. The number of rotatable bonds is 13. The van der Waals surface area contributed by atoms with Gasteiger partial charge in [-0.15, -0.1) is 0 Å². The zero-order valence-electron chi connectivity index (χ0n) is 29.1. The lowest BCUT2D eigenvalue weighted by Gasteiger charge is -2.27. The van der Waals surface area contributed by atoms with E-state index < -0.39 is 0 Å². The van der Waals surface area contributed by atoms with Crippen LogP contribution >= 0.6 is 0 Å². The number of piperazine rings is 1. The maximum absolute atomic E-state index is 13.1. The molecular weight excluding hydrogens is 616 g/mol. The fraction of sp³-hybridized carbons (Fsp3) is 0.474. The number of carbonyl (C=O) groups excluding carboxylic acids is 2. The van der Waals surface area contributed by atoms with Gasteiger partial charge in [0.15, 0.2) is 5.65 Å². The molecule has 11 heteroatoms. The summed E-state index contributed by atoms with van der Waals surface area (Å²) in [5, 5.41) is 18.6. The fourth-order valence-electron chi connectivity index (χ4n) is 6.81. The molecule has 2 amide bonds. The Morgan fingerprint density at radius 2 is 1.76 bits per heavy atom. The number of hydrogen-bond acceptors (Lipinski definition) is 8. The Morgan fingerprint density at radius 3 is 2.51 bits per heavy atom. The first-order valence-electron chi connectivity index (χ1n) is 17.8. The van der Waals surface area contributed by atoms with Gasteiger partial charge in [0.1, 0.15) is 6.42 Å². The van der Waals surface area contributed by atoms with E-state index in [0.29, 0.717) is 13.0 Å². The zero-order chi connectivity index (χ0) is 34.2. The van der Waals surface area contributed by atoms with Gasteiger partial charge in [0.05, 0.1) is 17.3 Å². The molecule has 2 saturated heterocycles. The Kier molecular flexibility index (Phi) is 11.6. The number of aryl methyl sites for hydroxylation is 3. The van der Waals surface area contributed by atoms with Crippen molar-refractivity contribution >= 4 is 28.5 Å². The lowest BCUT2D eigenvalue weighted by molar-refractivity contribution is -0.129. The molecule has 4 aromatic rings. The molecule has 2 aliphatic rings. The molecule has 0 spiro atoms. The molecule has 0 radical (unpaired) electrons. The third kappa shape index (κ3) is 8.65. The van der Waals surface area contributed by atoms with Crippen molar-refractivity contribution in [2.24, 2.45) is 0 Å². The molecule has 260 valence electrons. The highest BCUT2D eigenvalue weighted by Gasteiger charge is 2.22. The minimum atomic E-state index is -0.327. The summed E-state index contributed by atoms with van der Waals surface area (Å²) >= 11 is 0. The van der Waals surface area contributed by atoms with Gasteiger partial charge in [-0.25, -0.2) is 9.67 Å². The second-order valence-corrected chi connectivity index (χ2v) is 13.1. The Hall–Kier alpha value is -4.32. The first-order chi connectivity index (χ1) is 23.9. The van der Waals surface area contributed by atoms with Crippen molar-refractivity contribution in [2.45, 2.75) is 78.7 Å². The predicted octanol–water partition coefficient (Wildman–Crippen LogP) is 4.31. The van der Waals surface area contributed by atoms with Crippen LogP contribution in [0.2, 0.25) is 0 Å². The molecule has 2 aliphatic heterocycles. The minimum absolute atomic E-state index is 0.250. The van der Waals surface area contributed by atoms with Crippen LogP contribution in [0.25, 0.3) is 22.2 Å². The largest absolute Gasteiger partial charge is 0.381 e. The van der Waals surface area contributed by atoms with Crippen LogP contribution in [-0.2, 0) is 46.9 Å². The van der Waals surface area contributed by atoms with Crippen LogP contribution in [0.15, 0.2) is 48.7 Å². The summed E-state index contributed by atoms with van der Waals surface area (Å²) in [6, 6.07) is 15.3. The van der Waals surface area contributed by atoms with Crippen molar-refractivity contribution in [3.05, 3.63) is 76.6 Å². The first-order valence-corrected chi connectivity index (χ1v) is 17.8. The van der Waals surface area contributed by atoms with Gasteiger partial charge >= 0.3 is 0 Å². The summed E-state index contributed by atoms with van der Waals surface area (Å²) in [5.41, 5.74) is 9.44. The molecule has 6 rings (SSSR count). The van der Waals surface area contributed by atoms with Gasteiger partial charge in [0, 0.05) is 82.9 Å². The average molecular weight is 667 g/mol. The number of nitrogens with one attached hydrogen (secondary N) is 4. The van der Waals surface area contributed by atoms with Crippen molar-refractivity contribution < 1.29 is 14.3 Å². The minimum Gasteiger partial charge on any atom is -0.381 e. The molecular formula is C38H50N8O3. The summed E-state index contributed by atoms with van der Waals surface area (Å²) in [7, 11) is 0. The number of pyridine rings is 1. The number of carbonyl (C=O) groups is 2. The molecule has 2 fully saturated rings. The lowest BCUT2D eigenvalue weighted by atomic mass is 9.96. The fourth-order valence-corrected chi connectivity index (χ4v) is 6.81. The van der Waals surface area contributed by atoms with E-state index in [4.69, 9.17) is 9.72 Å². The molecule has 4 heterocycles. The maximum Gasteiger partial charge on any atom is 0.229 e. The normalized spacial score (nSPS) is 15.7. The number of hydrogen-bond donors (Lipinski definition) is 4.